The number of quaternary nitrogens is 1. The van der Waals surface area contributed by atoms with Crippen molar-refractivity contribution in [2.75, 3.05) is 40.9 Å². The van der Waals surface area contributed by atoms with E-state index in [0.717, 1.165) is 38.5 Å². The van der Waals surface area contributed by atoms with E-state index in [4.69, 9.17) is 9.05 Å². The summed E-state index contributed by atoms with van der Waals surface area (Å²) >= 11 is 0. The molecule has 8 nitrogen and oxygen atoms in total. The van der Waals surface area contributed by atoms with Gasteiger partial charge in [-0.2, -0.15) is 0 Å². The maximum absolute atomic E-state index is 13.0. The van der Waals surface area contributed by atoms with Crippen LogP contribution in [0.15, 0.2) is 12.2 Å². The topological polar surface area (TPSA) is 108 Å². The third-order valence-corrected chi connectivity index (χ3v) is 14.5. The second-order valence-electron chi connectivity index (χ2n) is 21.4. The Morgan fingerprint density at radius 3 is 1.18 bits per heavy atom. The molecular formula is C57H115N2O6P. The molecule has 0 aliphatic heterocycles. The first-order chi connectivity index (χ1) is 32.0. The molecule has 3 unspecified atom stereocenters. The number of hydrogen-bond donors (Lipinski definition) is 2. The summed E-state index contributed by atoms with van der Waals surface area (Å²) in [6.45, 7) is 4.76. The first-order valence-corrected chi connectivity index (χ1v) is 30.5. The summed E-state index contributed by atoms with van der Waals surface area (Å²) in [5, 5.41) is 14.0. The molecule has 0 saturated carbocycles. The van der Waals surface area contributed by atoms with Crippen molar-refractivity contribution >= 4 is 13.7 Å². The molecular weight excluding hydrogens is 840 g/mol. The fraction of sp³-hybridized carbons (Fsp3) is 0.947. The summed E-state index contributed by atoms with van der Waals surface area (Å²) in [4.78, 5) is 25.5. The van der Waals surface area contributed by atoms with E-state index in [0.29, 0.717) is 23.9 Å². The fourth-order valence-corrected chi connectivity index (χ4v) is 9.64. The van der Waals surface area contributed by atoms with Crippen LogP contribution < -0.4 is 10.2 Å². The molecule has 2 N–H and O–H groups in total. The molecule has 0 aromatic heterocycles. The van der Waals surface area contributed by atoms with Crippen LogP contribution in [0.1, 0.15) is 296 Å². The highest BCUT2D eigenvalue weighted by molar-refractivity contribution is 7.45. The predicted molar refractivity (Wildman–Crippen MR) is 284 cm³/mol. The van der Waals surface area contributed by atoms with E-state index in [9.17, 15) is 19.4 Å². The van der Waals surface area contributed by atoms with Gasteiger partial charge in [0, 0.05) is 6.42 Å². The minimum atomic E-state index is -4.57. The molecule has 0 fully saturated rings. The number of allylic oxidation sites excluding steroid dienone is 2. The van der Waals surface area contributed by atoms with E-state index in [-0.39, 0.29) is 19.1 Å². The molecule has 1 amide bonds. The first-order valence-electron chi connectivity index (χ1n) is 29.0. The average Bonchev–Trinajstić information content (AvgIpc) is 3.28. The first kappa shape index (κ1) is 65.2. The molecule has 66 heavy (non-hydrogen) atoms. The van der Waals surface area contributed by atoms with Crippen molar-refractivity contribution in [3.63, 3.8) is 0 Å². The summed E-state index contributed by atoms with van der Waals surface area (Å²) in [7, 11) is 1.32. The molecule has 0 aliphatic carbocycles. The number of phosphoric ester groups is 1. The van der Waals surface area contributed by atoms with Gasteiger partial charge in [0.25, 0.3) is 7.82 Å². The Labute approximate surface area is 412 Å². The standard InChI is InChI=1S/C57H115N2O6P/c1-6-8-10-12-14-16-18-20-22-24-26-27-28-29-30-31-33-34-36-38-40-42-44-46-48-50-56(60)55(54-65-66(62,63)64-53-52-59(3,4)5)58-57(61)51-49-47-45-43-41-39-37-35-32-25-23-21-19-17-15-13-11-9-7-2/h21,23,55-56,60H,6-20,22,24-54H2,1-5H3,(H-,58,61,62,63)/b23-21-. The van der Waals surface area contributed by atoms with Gasteiger partial charge < -0.3 is 28.8 Å². The van der Waals surface area contributed by atoms with Crippen LogP contribution in [0.3, 0.4) is 0 Å². The zero-order chi connectivity index (χ0) is 48.5. The lowest BCUT2D eigenvalue weighted by molar-refractivity contribution is -0.870. The van der Waals surface area contributed by atoms with Gasteiger partial charge in [-0.05, 0) is 38.5 Å². The number of likely N-dealkylation sites (N-methyl/N-ethyl adjacent to an activating group) is 1. The van der Waals surface area contributed by atoms with Crippen LogP contribution in [-0.4, -0.2) is 68.5 Å². The average molecular weight is 956 g/mol. The second-order valence-corrected chi connectivity index (χ2v) is 22.8. The highest BCUT2D eigenvalue weighted by Gasteiger charge is 2.24. The maximum Gasteiger partial charge on any atom is 0.268 e. The third kappa shape index (κ3) is 51.1. The van der Waals surface area contributed by atoms with Crippen molar-refractivity contribution in [2.24, 2.45) is 0 Å². The molecule has 0 bridgehead atoms. The van der Waals surface area contributed by atoms with Crippen molar-refractivity contribution < 1.29 is 32.9 Å². The van der Waals surface area contributed by atoms with Crippen LogP contribution in [0.25, 0.3) is 0 Å². The Balaban J connectivity index is 4.13. The van der Waals surface area contributed by atoms with E-state index in [1.807, 2.05) is 21.1 Å². The number of carbonyl (C=O) groups excluding carboxylic acids is 1. The van der Waals surface area contributed by atoms with Crippen LogP contribution in [-0.2, 0) is 18.4 Å². The minimum absolute atomic E-state index is 0.0143. The van der Waals surface area contributed by atoms with Crippen molar-refractivity contribution in [3.05, 3.63) is 12.2 Å². The third-order valence-electron chi connectivity index (χ3n) is 13.5. The second kappa shape index (κ2) is 49.2. The molecule has 0 aliphatic rings. The summed E-state index contributed by atoms with van der Waals surface area (Å²) in [6, 6.07) is -0.799. The summed E-state index contributed by atoms with van der Waals surface area (Å²) < 4.78 is 23.4. The van der Waals surface area contributed by atoms with E-state index < -0.39 is 20.0 Å². The number of rotatable bonds is 54. The van der Waals surface area contributed by atoms with Gasteiger partial charge in [-0.1, -0.05) is 264 Å². The van der Waals surface area contributed by atoms with E-state index in [1.165, 1.54) is 231 Å². The lowest BCUT2D eigenvalue weighted by Gasteiger charge is -2.30. The Kier molecular flexibility index (Phi) is 48.7. The number of hydrogen-bond acceptors (Lipinski definition) is 6. The van der Waals surface area contributed by atoms with E-state index in [1.54, 1.807) is 0 Å². The summed E-state index contributed by atoms with van der Waals surface area (Å²) in [5.74, 6) is -0.162. The molecule has 9 heteroatoms. The summed E-state index contributed by atoms with van der Waals surface area (Å²) in [5.41, 5.74) is 0. The number of aliphatic hydroxyl groups is 1. The molecule has 0 saturated heterocycles. The van der Waals surface area contributed by atoms with Gasteiger partial charge in [0.1, 0.15) is 13.2 Å². The van der Waals surface area contributed by atoms with E-state index >= 15 is 0 Å². The van der Waals surface area contributed by atoms with Crippen molar-refractivity contribution in [2.45, 2.75) is 309 Å². The number of nitrogens with zero attached hydrogens (tertiary/aromatic N) is 1. The molecule has 0 aromatic rings. The Morgan fingerprint density at radius 1 is 0.515 bits per heavy atom. The zero-order valence-corrected chi connectivity index (χ0v) is 45.8. The summed E-state index contributed by atoms with van der Waals surface area (Å²) in [6.07, 6.45) is 59.5. The Morgan fingerprint density at radius 2 is 0.833 bits per heavy atom. The van der Waals surface area contributed by atoms with Crippen molar-refractivity contribution in [1.82, 2.24) is 5.32 Å². The normalized spacial score (nSPS) is 14.0. The van der Waals surface area contributed by atoms with Crippen LogP contribution in [0.2, 0.25) is 0 Å². The van der Waals surface area contributed by atoms with Gasteiger partial charge in [0.15, 0.2) is 0 Å². The molecule has 394 valence electrons. The van der Waals surface area contributed by atoms with E-state index in [2.05, 4.69) is 31.3 Å². The van der Waals surface area contributed by atoms with Gasteiger partial charge in [-0.25, -0.2) is 0 Å². The van der Waals surface area contributed by atoms with Gasteiger partial charge >= 0.3 is 0 Å². The van der Waals surface area contributed by atoms with Gasteiger partial charge in [-0.15, -0.1) is 0 Å². The zero-order valence-electron chi connectivity index (χ0n) is 44.9. The molecule has 0 radical (unpaired) electrons. The molecule has 0 spiro atoms. The lowest BCUT2D eigenvalue weighted by atomic mass is 10.0. The van der Waals surface area contributed by atoms with Gasteiger partial charge in [0.2, 0.25) is 5.91 Å². The number of carbonyl (C=O) groups is 1. The highest BCUT2D eigenvalue weighted by Crippen LogP contribution is 2.38. The molecule has 3 atom stereocenters. The molecule has 0 heterocycles. The molecule has 0 aromatic carbocycles. The van der Waals surface area contributed by atoms with Crippen LogP contribution in [0, 0.1) is 0 Å². The van der Waals surface area contributed by atoms with Crippen LogP contribution in [0.5, 0.6) is 0 Å². The van der Waals surface area contributed by atoms with Crippen molar-refractivity contribution in [1.29, 1.82) is 0 Å². The number of aliphatic hydroxyl groups excluding tert-OH is 1. The Bertz CT molecular complexity index is 1080. The maximum atomic E-state index is 13.0. The number of amides is 1. The highest BCUT2D eigenvalue weighted by atomic mass is 31.2. The monoisotopic (exact) mass is 955 g/mol. The Hall–Kier alpha value is -0.760. The minimum Gasteiger partial charge on any atom is -0.756 e. The quantitative estimate of drug-likeness (QED) is 0.0272. The number of phosphoric acid groups is 1. The fourth-order valence-electron chi connectivity index (χ4n) is 8.92. The predicted octanol–water partition coefficient (Wildman–Crippen LogP) is 16.8. The SMILES string of the molecule is CCCCCCCC/C=C\CCCCCCCCCCCC(=O)NC(COP(=O)([O-])OCC[N+](C)(C)C)C(O)CCCCCCCCCCCCCCCCCCCCCCCCCCC. The van der Waals surface area contributed by atoms with Crippen LogP contribution >= 0.6 is 7.82 Å². The van der Waals surface area contributed by atoms with Crippen molar-refractivity contribution in [3.8, 4) is 0 Å². The number of unbranched alkanes of at least 4 members (excludes halogenated alkanes) is 39. The molecule has 0 rings (SSSR count). The smallest absolute Gasteiger partial charge is 0.268 e. The van der Waals surface area contributed by atoms with Gasteiger partial charge in [-0.3, -0.25) is 9.36 Å². The van der Waals surface area contributed by atoms with Gasteiger partial charge in [0.05, 0.1) is 39.9 Å². The number of nitrogens with one attached hydrogen (secondary N) is 1. The largest absolute Gasteiger partial charge is 0.756 e. The lowest BCUT2D eigenvalue weighted by Crippen LogP contribution is -2.46. The van der Waals surface area contributed by atoms with Crippen LogP contribution in [0.4, 0.5) is 0 Å².